The molecule has 1 atom stereocenters. The molecule has 0 aliphatic carbocycles. The van der Waals surface area contributed by atoms with Gasteiger partial charge in [0.1, 0.15) is 6.04 Å². The molecule has 9 nitrogen and oxygen atoms in total. The molecule has 0 saturated carbocycles. The molecule has 1 aliphatic rings. The molecular formula is C18H27N5O4. The number of nitrogens with zero attached hydrogens (tertiary/aromatic N) is 3. The van der Waals surface area contributed by atoms with Gasteiger partial charge in [-0.05, 0) is 12.0 Å². The molecule has 3 N–H and O–H groups in total. The summed E-state index contributed by atoms with van der Waals surface area (Å²) < 4.78 is 0. The second kappa shape index (κ2) is 9.86. The molecule has 27 heavy (non-hydrogen) atoms. The van der Waals surface area contributed by atoms with Crippen LogP contribution in [0.3, 0.4) is 0 Å². The zero-order valence-electron chi connectivity index (χ0n) is 15.6. The van der Waals surface area contributed by atoms with Crippen LogP contribution in [0.5, 0.6) is 0 Å². The Morgan fingerprint density at radius 2 is 2.00 bits per heavy atom. The molecule has 1 fully saturated rings. The van der Waals surface area contributed by atoms with E-state index in [0.717, 1.165) is 18.4 Å². The van der Waals surface area contributed by atoms with Crippen LogP contribution >= 0.6 is 0 Å². The third kappa shape index (κ3) is 6.21. The SMILES string of the molecule is CCCCC(NC(N)=O)C(=O)N1CCN(Cc2cccc([N+](=O)[O-])c2)CC1. The Morgan fingerprint density at radius 3 is 2.59 bits per heavy atom. The van der Waals surface area contributed by atoms with Crippen molar-refractivity contribution in [1.29, 1.82) is 0 Å². The molecule has 2 rings (SSSR count). The van der Waals surface area contributed by atoms with E-state index >= 15 is 0 Å². The Bertz CT molecular complexity index is 673. The maximum Gasteiger partial charge on any atom is 0.312 e. The molecule has 0 radical (unpaired) electrons. The van der Waals surface area contributed by atoms with E-state index in [0.29, 0.717) is 39.1 Å². The molecule has 1 saturated heterocycles. The number of nitro groups is 1. The van der Waals surface area contributed by atoms with Gasteiger partial charge in [0.2, 0.25) is 5.91 Å². The number of nitrogens with one attached hydrogen (secondary N) is 1. The van der Waals surface area contributed by atoms with E-state index in [2.05, 4.69) is 10.2 Å². The minimum atomic E-state index is -0.686. The zero-order valence-corrected chi connectivity index (χ0v) is 15.6. The van der Waals surface area contributed by atoms with Crippen LogP contribution in [0.2, 0.25) is 0 Å². The summed E-state index contributed by atoms with van der Waals surface area (Å²) in [6, 6.07) is 5.33. The lowest BCUT2D eigenvalue weighted by molar-refractivity contribution is -0.384. The first-order valence-corrected chi connectivity index (χ1v) is 9.21. The number of benzene rings is 1. The van der Waals surface area contributed by atoms with Gasteiger partial charge in [-0.2, -0.15) is 0 Å². The van der Waals surface area contributed by atoms with Crippen LogP contribution < -0.4 is 11.1 Å². The molecular weight excluding hydrogens is 350 g/mol. The highest BCUT2D eigenvalue weighted by Gasteiger charge is 2.28. The maximum atomic E-state index is 12.7. The number of nitro benzene ring substituents is 1. The van der Waals surface area contributed by atoms with Crippen molar-refractivity contribution in [3.8, 4) is 0 Å². The molecule has 1 aliphatic heterocycles. The van der Waals surface area contributed by atoms with E-state index in [1.54, 1.807) is 17.0 Å². The Morgan fingerprint density at radius 1 is 1.30 bits per heavy atom. The quantitative estimate of drug-likeness (QED) is 0.525. The van der Waals surface area contributed by atoms with E-state index in [1.165, 1.54) is 6.07 Å². The molecule has 1 heterocycles. The predicted octanol–water partition coefficient (Wildman–Crippen LogP) is 1.47. The van der Waals surface area contributed by atoms with Crippen molar-refractivity contribution in [3.05, 3.63) is 39.9 Å². The maximum absolute atomic E-state index is 12.7. The monoisotopic (exact) mass is 377 g/mol. The highest BCUT2D eigenvalue weighted by molar-refractivity contribution is 5.86. The third-order valence-corrected chi connectivity index (χ3v) is 4.67. The van der Waals surface area contributed by atoms with Gasteiger partial charge in [0.15, 0.2) is 0 Å². The molecule has 0 bridgehead atoms. The number of primary amides is 1. The van der Waals surface area contributed by atoms with Gasteiger partial charge in [-0.25, -0.2) is 4.79 Å². The highest BCUT2D eigenvalue weighted by Crippen LogP contribution is 2.16. The van der Waals surface area contributed by atoms with Crippen molar-refractivity contribution in [2.45, 2.75) is 38.8 Å². The van der Waals surface area contributed by atoms with Crippen LogP contribution in [0, 0.1) is 10.1 Å². The molecule has 0 aromatic heterocycles. The minimum Gasteiger partial charge on any atom is -0.352 e. The van der Waals surface area contributed by atoms with Gasteiger partial charge in [-0.15, -0.1) is 0 Å². The van der Waals surface area contributed by atoms with Crippen molar-refractivity contribution in [1.82, 2.24) is 15.1 Å². The molecule has 1 aromatic carbocycles. The van der Waals surface area contributed by atoms with Crippen molar-refractivity contribution in [3.63, 3.8) is 0 Å². The largest absolute Gasteiger partial charge is 0.352 e. The van der Waals surface area contributed by atoms with Gasteiger partial charge in [0.05, 0.1) is 4.92 Å². The fraction of sp³-hybridized carbons (Fsp3) is 0.556. The van der Waals surface area contributed by atoms with Crippen molar-refractivity contribution in [2.24, 2.45) is 5.73 Å². The minimum absolute atomic E-state index is 0.0811. The van der Waals surface area contributed by atoms with Crippen LogP contribution in [0.15, 0.2) is 24.3 Å². The smallest absolute Gasteiger partial charge is 0.312 e. The summed E-state index contributed by atoms with van der Waals surface area (Å²) in [4.78, 5) is 38.3. The number of rotatable bonds is 8. The predicted molar refractivity (Wildman–Crippen MR) is 101 cm³/mol. The van der Waals surface area contributed by atoms with E-state index in [-0.39, 0.29) is 11.6 Å². The van der Waals surface area contributed by atoms with Gasteiger partial charge < -0.3 is 16.0 Å². The van der Waals surface area contributed by atoms with Gasteiger partial charge >= 0.3 is 6.03 Å². The number of carbonyl (C=O) groups is 2. The van der Waals surface area contributed by atoms with Gasteiger partial charge in [-0.3, -0.25) is 19.8 Å². The van der Waals surface area contributed by atoms with Crippen molar-refractivity contribution in [2.75, 3.05) is 26.2 Å². The number of unbranched alkanes of at least 4 members (excludes halogenated alkanes) is 1. The number of carbonyl (C=O) groups excluding carboxylic acids is 2. The Balaban J connectivity index is 1.89. The molecule has 3 amide bonds. The first-order valence-electron chi connectivity index (χ1n) is 9.21. The lowest BCUT2D eigenvalue weighted by Gasteiger charge is -2.36. The first-order chi connectivity index (χ1) is 12.9. The number of hydrogen-bond donors (Lipinski definition) is 2. The first kappa shape index (κ1) is 20.6. The molecule has 1 aromatic rings. The highest BCUT2D eigenvalue weighted by atomic mass is 16.6. The number of nitrogens with two attached hydrogens (primary N) is 1. The van der Waals surface area contributed by atoms with E-state index < -0.39 is 17.0 Å². The van der Waals surface area contributed by atoms with Crippen LogP contribution in [0.4, 0.5) is 10.5 Å². The second-order valence-corrected chi connectivity index (χ2v) is 6.73. The van der Waals surface area contributed by atoms with Crippen LogP contribution in [-0.4, -0.2) is 58.9 Å². The second-order valence-electron chi connectivity index (χ2n) is 6.73. The normalized spacial score (nSPS) is 16.0. The number of hydrogen-bond acceptors (Lipinski definition) is 5. The lowest BCUT2D eigenvalue weighted by Crippen LogP contribution is -2.55. The summed E-state index contributed by atoms with van der Waals surface area (Å²) in [5.74, 6) is -0.0998. The summed E-state index contributed by atoms with van der Waals surface area (Å²) in [6.45, 7) is 5.08. The van der Waals surface area contributed by atoms with E-state index in [4.69, 9.17) is 5.73 Å². The lowest BCUT2D eigenvalue weighted by atomic mass is 10.1. The van der Waals surface area contributed by atoms with Gasteiger partial charge in [-0.1, -0.05) is 31.9 Å². The third-order valence-electron chi connectivity index (χ3n) is 4.67. The zero-order chi connectivity index (χ0) is 19.8. The van der Waals surface area contributed by atoms with E-state index in [1.807, 2.05) is 13.0 Å². The number of amides is 3. The summed E-state index contributed by atoms with van der Waals surface area (Å²) in [7, 11) is 0. The number of piperazine rings is 1. The van der Waals surface area contributed by atoms with Gasteiger partial charge in [0, 0.05) is 44.9 Å². The topological polar surface area (TPSA) is 122 Å². The van der Waals surface area contributed by atoms with Crippen molar-refractivity contribution < 1.29 is 14.5 Å². The van der Waals surface area contributed by atoms with Gasteiger partial charge in [0.25, 0.3) is 5.69 Å². The fourth-order valence-electron chi connectivity index (χ4n) is 3.21. The molecule has 0 spiro atoms. The molecule has 9 heteroatoms. The molecule has 148 valence electrons. The summed E-state index contributed by atoms with van der Waals surface area (Å²) in [5.41, 5.74) is 6.15. The number of urea groups is 1. The average Bonchev–Trinajstić information content (AvgIpc) is 2.65. The summed E-state index contributed by atoms with van der Waals surface area (Å²) in [6.07, 6.45) is 2.34. The van der Waals surface area contributed by atoms with Crippen LogP contribution in [-0.2, 0) is 11.3 Å². The average molecular weight is 377 g/mol. The fourth-order valence-corrected chi connectivity index (χ4v) is 3.21. The van der Waals surface area contributed by atoms with Crippen LogP contribution in [0.1, 0.15) is 31.7 Å². The van der Waals surface area contributed by atoms with E-state index in [9.17, 15) is 19.7 Å². The van der Waals surface area contributed by atoms with Crippen molar-refractivity contribution >= 4 is 17.6 Å². The standard InChI is InChI=1S/C18H27N5O4/c1-2-3-7-16(20-18(19)25)17(24)22-10-8-21(9-11-22)13-14-5-4-6-15(12-14)23(26)27/h4-6,12,16H,2-3,7-11,13H2,1H3,(H3,19,20,25). The summed E-state index contributed by atoms with van der Waals surface area (Å²) >= 11 is 0. The Kier molecular flexibility index (Phi) is 7.54. The van der Waals surface area contributed by atoms with Crippen LogP contribution in [0.25, 0.3) is 0 Å². The Hall–Kier alpha value is -2.68. The molecule has 1 unspecified atom stereocenters. The Labute approximate surface area is 158 Å². The number of non-ortho nitro benzene ring substituents is 1. The summed E-state index contributed by atoms with van der Waals surface area (Å²) in [5, 5.41) is 13.4.